The molecule has 0 atom stereocenters. The number of fused-ring (bicyclic) bond motifs is 11. The second-order valence-corrected chi connectivity index (χ2v) is 11.2. The summed E-state index contributed by atoms with van der Waals surface area (Å²) in [4.78, 5) is 7.17. The molecule has 5 nitrogen and oxygen atoms in total. The van der Waals surface area contributed by atoms with Gasteiger partial charge in [0.25, 0.3) is 0 Å². The quantitative estimate of drug-likeness (QED) is 0.213. The molecule has 0 radical (unpaired) electrons. The smallest absolute Gasteiger partial charge is 0.137 e. The monoisotopic (exact) mass is 566 g/mol. The van der Waals surface area contributed by atoms with Crippen LogP contribution in [0.1, 0.15) is 0 Å². The number of anilines is 3. The lowest BCUT2D eigenvalue weighted by Crippen LogP contribution is -2.10. The van der Waals surface area contributed by atoms with Gasteiger partial charge < -0.3 is 18.2 Å². The van der Waals surface area contributed by atoms with Crippen LogP contribution in [0, 0.1) is 0 Å². The minimum Gasteiger partial charge on any atom is -0.456 e. The van der Waals surface area contributed by atoms with Gasteiger partial charge in [-0.15, -0.1) is 0 Å². The molecule has 0 aliphatic rings. The number of hydrogen-bond acceptors (Lipinski definition) is 5. The van der Waals surface area contributed by atoms with E-state index in [1.165, 1.54) is 0 Å². The maximum Gasteiger partial charge on any atom is 0.137 e. The molecule has 0 saturated carbocycles. The van der Waals surface area contributed by atoms with Crippen molar-refractivity contribution in [2.45, 2.75) is 0 Å². The van der Waals surface area contributed by atoms with E-state index < -0.39 is 0 Å². The highest BCUT2D eigenvalue weighted by Crippen LogP contribution is 2.42. The molecule has 0 amide bonds. The van der Waals surface area contributed by atoms with E-state index in [0.29, 0.717) is 0 Å². The van der Waals surface area contributed by atoms with Crippen molar-refractivity contribution in [1.82, 2.24) is 4.98 Å². The van der Waals surface area contributed by atoms with Crippen LogP contribution in [0.2, 0.25) is 0 Å². The van der Waals surface area contributed by atoms with Crippen molar-refractivity contribution in [3.8, 4) is 0 Å². The van der Waals surface area contributed by atoms with Crippen molar-refractivity contribution >= 4 is 93.8 Å². The van der Waals surface area contributed by atoms with E-state index in [9.17, 15) is 0 Å². The molecule has 10 aromatic rings. The average Bonchev–Trinajstić information content (AvgIpc) is 3.75. The number of nitrogens with zero attached hydrogens (tertiary/aromatic N) is 2. The lowest BCUT2D eigenvalue weighted by Gasteiger charge is -2.25. The molecule has 5 heteroatoms. The molecule has 6 aromatic carbocycles. The lowest BCUT2D eigenvalue weighted by molar-refractivity contribution is 0.668. The van der Waals surface area contributed by atoms with Gasteiger partial charge >= 0.3 is 0 Å². The molecule has 0 aliphatic heterocycles. The van der Waals surface area contributed by atoms with Crippen LogP contribution in [0.3, 0.4) is 0 Å². The Hall–Kier alpha value is -6.07. The van der Waals surface area contributed by atoms with Crippen LogP contribution in [0.4, 0.5) is 17.1 Å². The van der Waals surface area contributed by atoms with Crippen molar-refractivity contribution in [2.75, 3.05) is 4.90 Å². The van der Waals surface area contributed by atoms with Gasteiger partial charge in [-0.3, -0.25) is 4.98 Å². The third-order valence-corrected chi connectivity index (χ3v) is 8.69. The van der Waals surface area contributed by atoms with Gasteiger partial charge in [0.05, 0.1) is 17.4 Å². The second-order valence-electron chi connectivity index (χ2n) is 11.2. The molecule has 44 heavy (non-hydrogen) atoms. The molecule has 4 heterocycles. The van der Waals surface area contributed by atoms with Crippen molar-refractivity contribution in [3.63, 3.8) is 0 Å². The Morgan fingerprint density at radius 3 is 1.55 bits per heavy atom. The summed E-state index contributed by atoms with van der Waals surface area (Å²) in [5, 5.41) is 7.54. The molecule has 206 valence electrons. The Kier molecular flexibility index (Phi) is 4.66. The largest absolute Gasteiger partial charge is 0.456 e. The van der Waals surface area contributed by atoms with Crippen molar-refractivity contribution in [3.05, 3.63) is 134 Å². The van der Waals surface area contributed by atoms with Crippen LogP contribution in [0.5, 0.6) is 0 Å². The standard InChI is InChI=1S/C39H22N2O3/c1-4-10-33-26(7-1)28-15-13-23(20-37(28)43-33)41(24-14-16-29-27-8-2-5-11-34(27)44-38(29)21-24)25-19-31-32(40-22-25)17-18-36-39(31)30-9-3-6-12-35(30)42-36/h1-22H. The first kappa shape index (κ1) is 23.5. The van der Waals surface area contributed by atoms with E-state index in [4.69, 9.17) is 18.2 Å². The van der Waals surface area contributed by atoms with Gasteiger partial charge in [0.2, 0.25) is 0 Å². The lowest BCUT2D eigenvalue weighted by atomic mass is 10.1. The summed E-state index contributed by atoms with van der Waals surface area (Å²) in [5.74, 6) is 0. The van der Waals surface area contributed by atoms with Crippen molar-refractivity contribution < 1.29 is 13.3 Å². The Morgan fingerprint density at radius 1 is 0.386 bits per heavy atom. The van der Waals surface area contributed by atoms with Crippen LogP contribution in [0.15, 0.2) is 147 Å². The van der Waals surface area contributed by atoms with Gasteiger partial charge in [-0.05, 0) is 60.7 Å². The third kappa shape index (κ3) is 3.32. The molecule has 0 spiro atoms. The number of para-hydroxylation sites is 3. The molecule has 0 bridgehead atoms. The maximum absolute atomic E-state index is 6.32. The molecule has 0 fully saturated rings. The normalized spacial score (nSPS) is 12.1. The number of benzene rings is 6. The van der Waals surface area contributed by atoms with Gasteiger partial charge in [-0.1, -0.05) is 54.6 Å². The third-order valence-electron chi connectivity index (χ3n) is 8.69. The fourth-order valence-electron chi connectivity index (χ4n) is 6.69. The van der Waals surface area contributed by atoms with E-state index >= 15 is 0 Å². The maximum atomic E-state index is 6.32. The van der Waals surface area contributed by atoms with Crippen LogP contribution in [-0.4, -0.2) is 4.98 Å². The molecule has 0 saturated heterocycles. The minimum absolute atomic E-state index is 0.829. The summed E-state index contributed by atoms with van der Waals surface area (Å²) in [6.07, 6.45) is 1.93. The summed E-state index contributed by atoms with van der Waals surface area (Å²) in [6, 6.07) is 43.5. The molecule has 4 aromatic heterocycles. The second kappa shape index (κ2) is 8.72. The average molecular weight is 567 g/mol. The molecule has 10 rings (SSSR count). The molecular weight excluding hydrogens is 544 g/mol. The minimum atomic E-state index is 0.829. The summed E-state index contributed by atoms with van der Waals surface area (Å²) in [7, 11) is 0. The van der Waals surface area contributed by atoms with Crippen molar-refractivity contribution in [1.29, 1.82) is 0 Å². The van der Waals surface area contributed by atoms with Crippen LogP contribution < -0.4 is 4.90 Å². The fraction of sp³-hybridized carbons (Fsp3) is 0. The topological polar surface area (TPSA) is 55.6 Å². The molecule has 0 N–H and O–H groups in total. The molecule has 0 unspecified atom stereocenters. The Labute approximate surface area is 250 Å². The predicted molar refractivity (Wildman–Crippen MR) is 178 cm³/mol. The summed E-state index contributed by atoms with van der Waals surface area (Å²) >= 11 is 0. The number of rotatable bonds is 3. The number of pyridine rings is 1. The van der Waals surface area contributed by atoms with Gasteiger partial charge in [0.1, 0.15) is 33.5 Å². The fourth-order valence-corrected chi connectivity index (χ4v) is 6.69. The van der Waals surface area contributed by atoms with Gasteiger partial charge in [0.15, 0.2) is 0 Å². The first-order chi connectivity index (χ1) is 21.8. The highest BCUT2D eigenvalue weighted by molar-refractivity contribution is 6.18. The first-order valence-electron chi connectivity index (χ1n) is 14.6. The van der Waals surface area contributed by atoms with Gasteiger partial charge in [0, 0.05) is 61.2 Å². The highest BCUT2D eigenvalue weighted by atomic mass is 16.3. The zero-order valence-corrected chi connectivity index (χ0v) is 23.3. The number of furan rings is 3. The zero-order valence-electron chi connectivity index (χ0n) is 23.3. The van der Waals surface area contributed by atoms with Crippen LogP contribution >= 0.6 is 0 Å². The van der Waals surface area contributed by atoms with E-state index in [0.717, 1.165) is 93.8 Å². The van der Waals surface area contributed by atoms with Gasteiger partial charge in [-0.2, -0.15) is 0 Å². The van der Waals surface area contributed by atoms with Crippen LogP contribution in [0.25, 0.3) is 76.7 Å². The SMILES string of the molecule is c1ccc2c(c1)oc1cc(N(c3ccc4c(c3)oc3ccccc34)c3cnc4ccc5oc6ccccc6c5c4c3)ccc12. The number of hydrogen-bond donors (Lipinski definition) is 0. The Bertz CT molecular complexity index is 2630. The summed E-state index contributed by atoms with van der Waals surface area (Å²) in [6.45, 7) is 0. The predicted octanol–water partition coefficient (Wildman–Crippen LogP) is 11.4. The molecule has 0 aliphatic carbocycles. The molecular formula is C39H22N2O3. The Morgan fingerprint density at radius 2 is 0.909 bits per heavy atom. The zero-order chi connectivity index (χ0) is 28.8. The van der Waals surface area contributed by atoms with Crippen LogP contribution in [-0.2, 0) is 0 Å². The Balaban J connectivity index is 1.24. The number of aromatic nitrogens is 1. The van der Waals surface area contributed by atoms with E-state index in [2.05, 4.69) is 65.6 Å². The summed E-state index contributed by atoms with van der Waals surface area (Å²) < 4.78 is 18.9. The van der Waals surface area contributed by atoms with Crippen molar-refractivity contribution in [2.24, 2.45) is 0 Å². The first-order valence-corrected chi connectivity index (χ1v) is 14.6. The van der Waals surface area contributed by atoms with E-state index in [1.807, 2.05) is 72.9 Å². The van der Waals surface area contributed by atoms with E-state index in [1.54, 1.807) is 0 Å². The van der Waals surface area contributed by atoms with Gasteiger partial charge in [-0.25, -0.2) is 0 Å². The van der Waals surface area contributed by atoms with E-state index in [-0.39, 0.29) is 0 Å². The summed E-state index contributed by atoms with van der Waals surface area (Å²) in [5.41, 5.74) is 8.85. The highest BCUT2D eigenvalue weighted by Gasteiger charge is 2.19.